The number of aliphatic hydroxyl groups excluding tert-OH is 1. The molecule has 1 atom stereocenters. The van der Waals surface area contributed by atoms with Gasteiger partial charge in [-0.15, -0.1) is 0 Å². The molecule has 1 saturated heterocycles. The predicted molar refractivity (Wildman–Crippen MR) is 71.8 cm³/mol. The zero-order chi connectivity index (χ0) is 12.8. The average Bonchev–Trinajstić information content (AvgIpc) is 2.42. The maximum atomic E-state index is 9.10. The minimum atomic E-state index is 0.255. The number of methoxy groups -OCH3 is 1. The molecule has 1 unspecified atom stereocenters. The summed E-state index contributed by atoms with van der Waals surface area (Å²) in [6, 6.07) is 8.65. The Balaban J connectivity index is 1.96. The fourth-order valence-electron chi connectivity index (χ4n) is 2.41. The van der Waals surface area contributed by atoms with Gasteiger partial charge in [0.1, 0.15) is 5.75 Å². The third-order valence-corrected chi connectivity index (χ3v) is 3.48. The SMILES string of the molecule is COc1ccc(CN2CCNCC2CCO)cc1. The van der Waals surface area contributed by atoms with Crippen LogP contribution in [0.15, 0.2) is 24.3 Å². The van der Waals surface area contributed by atoms with Gasteiger partial charge in [0, 0.05) is 38.8 Å². The van der Waals surface area contributed by atoms with E-state index < -0.39 is 0 Å². The summed E-state index contributed by atoms with van der Waals surface area (Å²) in [6.45, 7) is 4.23. The maximum absolute atomic E-state index is 9.10. The van der Waals surface area contributed by atoms with Gasteiger partial charge >= 0.3 is 0 Å². The fourth-order valence-corrected chi connectivity index (χ4v) is 2.41. The molecule has 4 nitrogen and oxygen atoms in total. The Kier molecular flexibility index (Phi) is 4.99. The van der Waals surface area contributed by atoms with E-state index in [2.05, 4.69) is 22.3 Å². The molecule has 0 amide bonds. The highest BCUT2D eigenvalue weighted by Gasteiger charge is 2.21. The lowest BCUT2D eigenvalue weighted by Gasteiger charge is -2.36. The van der Waals surface area contributed by atoms with E-state index in [1.165, 1.54) is 5.56 Å². The van der Waals surface area contributed by atoms with Crippen LogP contribution in [0, 0.1) is 0 Å². The number of hydrogen-bond acceptors (Lipinski definition) is 4. The minimum Gasteiger partial charge on any atom is -0.497 e. The van der Waals surface area contributed by atoms with Gasteiger partial charge in [0.15, 0.2) is 0 Å². The van der Waals surface area contributed by atoms with Crippen LogP contribution in [0.2, 0.25) is 0 Å². The van der Waals surface area contributed by atoms with E-state index in [4.69, 9.17) is 9.84 Å². The second-order valence-electron chi connectivity index (χ2n) is 4.69. The first-order valence-electron chi connectivity index (χ1n) is 6.52. The highest BCUT2D eigenvalue weighted by Crippen LogP contribution is 2.16. The second kappa shape index (κ2) is 6.73. The first-order chi connectivity index (χ1) is 8.83. The van der Waals surface area contributed by atoms with Gasteiger partial charge < -0.3 is 15.2 Å². The van der Waals surface area contributed by atoms with Gasteiger partial charge in [0.05, 0.1) is 7.11 Å². The molecule has 0 aliphatic carbocycles. The molecule has 18 heavy (non-hydrogen) atoms. The Morgan fingerprint density at radius 1 is 1.39 bits per heavy atom. The Hall–Kier alpha value is -1.10. The Bertz CT molecular complexity index is 351. The summed E-state index contributed by atoms with van der Waals surface area (Å²) in [4.78, 5) is 2.44. The average molecular weight is 250 g/mol. The van der Waals surface area contributed by atoms with Crippen molar-refractivity contribution < 1.29 is 9.84 Å². The molecule has 1 aliphatic rings. The zero-order valence-electron chi connectivity index (χ0n) is 10.9. The highest BCUT2D eigenvalue weighted by atomic mass is 16.5. The zero-order valence-corrected chi connectivity index (χ0v) is 10.9. The molecule has 1 aromatic rings. The van der Waals surface area contributed by atoms with Crippen LogP contribution in [0.5, 0.6) is 5.75 Å². The lowest BCUT2D eigenvalue weighted by Crippen LogP contribution is -2.51. The standard InChI is InChI=1S/C14H22N2O2/c1-18-14-4-2-12(3-5-14)11-16-8-7-15-10-13(16)6-9-17/h2-5,13,15,17H,6-11H2,1H3. The molecule has 0 bridgehead atoms. The summed E-state index contributed by atoms with van der Waals surface area (Å²) in [7, 11) is 1.68. The van der Waals surface area contributed by atoms with Gasteiger partial charge in [0.25, 0.3) is 0 Å². The van der Waals surface area contributed by atoms with Gasteiger partial charge in [-0.25, -0.2) is 0 Å². The molecule has 0 saturated carbocycles. The molecule has 4 heteroatoms. The van der Waals surface area contributed by atoms with Gasteiger partial charge in [-0.05, 0) is 24.1 Å². The topological polar surface area (TPSA) is 44.7 Å². The van der Waals surface area contributed by atoms with Crippen molar-refractivity contribution in [3.63, 3.8) is 0 Å². The van der Waals surface area contributed by atoms with Crippen molar-refractivity contribution >= 4 is 0 Å². The fraction of sp³-hybridized carbons (Fsp3) is 0.571. The van der Waals surface area contributed by atoms with Crippen molar-refractivity contribution in [2.24, 2.45) is 0 Å². The first-order valence-corrected chi connectivity index (χ1v) is 6.52. The van der Waals surface area contributed by atoms with E-state index in [1.807, 2.05) is 12.1 Å². The summed E-state index contributed by atoms with van der Waals surface area (Å²) in [5.41, 5.74) is 1.29. The largest absolute Gasteiger partial charge is 0.497 e. The number of benzene rings is 1. The van der Waals surface area contributed by atoms with Crippen molar-refractivity contribution in [2.45, 2.75) is 19.0 Å². The van der Waals surface area contributed by atoms with Gasteiger partial charge in [-0.1, -0.05) is 12.1 Å². The normalized spacial score (nSPS) is 20.9. The Morgan fingerprint density at radius 2 is 2.17 bits per heavy atom. The molecule has 1 fully saturated rings. The van der Waals surface area contributed by atoms with Gasteiger partial charge in [-0.2, -0.15) is 0 Å². The molecule has 1 aromatic carbocycles. The van der Waals surface area contributed by atoms with E-state index in [9.17, 15) is 0 Å². The van der Waals surface area contributed by atoms with Gasteiger partial charge in [0.2, 0.25) is 0 Å². The van der Waals surface area contributed by atoms with Crippen molar-refractivity contribution in [2.75, 3.05) is 33.4 Å². The van der Waals surface area contributed by atoms with Crippen LogP contribution in [0.4, 0.5) is 0 Å². The molecule has 0 radical (unpaired) electrons. The van der Waals surface area contributed by atoms with E-state index in [-0.39, 0.29) is 6.61 Å². The molecule has 2 N–H and O–H groups in total. The van der Waals surface area contributed by atoms with Crippen molar-refractivity contribution in [1.29, 1.82) is 0 Å². The summed E-state index contributed by atoms with van der Waals surface area (Å²) in [5, 5.41) is 12.5. The van der Waals surface area contributed by atoms with Crippen molar-refractivity contribution in [3.05, 3.63) is 29.8 Å². The molecular weight excluding hydrogens is 228 g/mol. The molecule has 1 aliphatic heterocycles. The van der Waals surface area contributed by atoms with Crippen molar-refractivity contribution in [3.8, 4) is 5.75 Å². The number of nitrogens with zero attached hydrogens (tertiary/aromatic N) is 1. The van der Waals surface area contributed by atoms with E-state index in [1.54, 1.807) is 7.11 Å². The van der Waals surface area contributed by atoms with Crippen LogP contribution < -0.4 is 10.1 Å². The third-order valence-electron chi connectivity index (χ3n) is 3.48. The summed E-state index contributed by atoms with van der Waals surface area (Å²) >= 11 is 0. The van der Waals surface area contributed by atoms with Crippen LogP contribution >= 0.6 is 0 Å². The van der Waals surface area contributed by atoms with Crippen molar-refractivity contribution in [1.82, 2.24) is 10.2 Å². The highest BCUT2D eigenvalue weighted by molar-refractivity contribution is 5.27. The van der Waals surface area contributed by atoms with Gasteiger partial charge in [-0.3, -0.25) is 4.90 Å². The second-order valence-corrected chi connectivity index (χ2v) is 4.69. The summed E-state index contributed by atoms with van der Waals surface area (Å²) in [5.74, 6) is 0.894. The minimum absolute atomic E-state index is 0.255. The molecule has 0 aromatic heterocycles. The lowest BCUT2D eigenvalue weighted by molar-refractivity contribution is 0.123. The van der Waals surface area contributed by atoms with Crippen LogP contribution in [0.3, 0.4) is 0 Å². The van der Waals surface area contributed by atoms with Crippen LogP contribution in [-0.2, 0) is 6.54 Å². The number of ether oxygens (including phenoxy) is 1. The number of nitrogens with one attached hydrogen (secondary N) is 1. The number of piperazine rings is 1. The Labute approximate surface area is 109 Å². The van der Waals surface area contributed by atoms with Crippen LogP contribution in [-0.4, -0.2) is 49.4 Å². The monoisotopic (exact) mass is 250 g/mol. The summed E-state index contributed by atoms with van der Waals surface area (Å²) in [6.07, 6.45) is 0.836. The smallest absolute Gasteiger partial charge is 0.118 e. The molecule has 0 spiro atoms. The van der Waals surface area contributed by atoms with E-state index in [0.717, 1.165) is 38.3 Å². The van der Waals surface area contributed by atoms with E-state index >= 15 is 0 Å². The predicted octanol–water partition coefficient (Wildman–Crippen LogP) is 0.851. The lowest BCUT2D eigenvalue weighted by atomic mass is 10.1. The van der Waals surface area contributed by atoms with E-state index in [0.29, 0.717) is 6.04 Å². The summed E-state index contributed by atoms with van der Waals surface area (Å²) < 4.78 is 5.16. The molecule has 100 valence electrons. The number of rotatable bonds is 5. The number of aliphatic hydroxyl groups is 1. The number of hydrogen-bond donors (Lipinski definition) is 2. The molecule has 2 rings (SSSR count). The Morgan fingerprint density at radius 3 is 2.83 bits per heavy atom. The van der Waals surface area contributed by atoms with Crippen LogP contribution in [0.25, 0.3) is 0 Å². The third kappa shape index (κ3) is 3.45. The maximum Gasteiger partial charge on any atom is 0.118 e. The van der Waals surface area contributed by atoms with Crippen LogP contribution in [0.1, 0.15) is 12.0 Å². The quantitative estimate of drug-likeness (QED) is 0.813. The first kappa shape index (κ1) is 13.3. The molecule has 1 heterocycles. The molecular formula is C14H22N2O2.